The lowest BCUT2D eigenvalue weighted by atomic mass is 10.1. The van der Waals surface area contributed by atoms with E-state index in [1.165, 1.54) is 0 Å². The van der Waals surface area contributed by atoms with Gasteiger partial charge in [-0.25, -0.2) is 9.37 Å². The van der Waals surface area contributed by atoms with Gasteiger partial charge in [-0.3, -0.25) is 19.2 Å². The van der Waals surface area contributed by atoms with Crippen molar-refractivity contribution >= 4 is 45.9 Å². The lowest BCUT2D eigenvalue weighted by Crippen LogP contribution is -2.40. The first kappa shape index (κ1) is 23.0. The summed E-state index contributed by atoms with van der Waals surface area (Å²) >= 11 is 0. The van der Waals surface area contributed by atoms with Crippen molar-refractivity contribution in [3.05, 3.63) is 35.6 Å². The number of carbonyl (C=O) groups is 2. The molecule has 0 bridgehead atoms. The number of hydrogen-bond acceptors (Lipinski definition) is 7. The minimum absolute atomic E-state index is 0.0116. The Balaban J connectivity index is 1.51. The van der Waals surface area contributed by atoms with E-state index < -0.39 is 11.7 Å². The third-order valence-corrected chi connectivity index (χ3v) is 6.66. The number of nitrogens with two attached hydrogens (primary N) is 2. The molecule has 1 aromatic carbocycles. The molecule has 1 aliphatic carbocycles. The van der Waals surface area contributed by atoms with E-state index in [4.69, 9.17) is 11.5 Å². The molecule has 2 aromatic heterocycles. The summed E-state index contributed by atoms with van der Waals surface area (Å²) in [7, 11) is 1.82. The summed E-state index contributed by atoms with van der Waals surface area (Å²) in [5, 5.41) is 11.6. The molecule has 3 aromatic rings. The molecule has 5 rings (SSSR count). The minimum atomic E-state index is -0.804. The molecular weight excluding hydrogens is 451 g/mol. The molecule has 11 heteroatoms. The van der Waals surface area contributed by atoms with Crippen molar-refractivity contribution in [2.75, 3.05) is 22.1 Å². The van der Waals surface area contributed by atoms with Gasteiger partial charge in [-0.1, -0.05) is 0 Å². The predicted molar refractivity (Wildman–Crippen MR) is 132 cm³/mol. The molecule has 1 saturated heterocycles. The molecule has 2 atom stereocenters. The Morgan fingerprint density at radius 2 is 2.03 bits per heavy atom. The first-order valence-corrected chi connectivity index (χ1v) is 11.8. The fraction of sp³-hybridized carbons (Fsp3) is 0.417. The molecule has 1 saturated carbocycles. The van der Waals surface area contributed by atoms with E-state index in [2.05, 4.69) is 20.7 Å². The summed E-state index contributed by atoms with van der Waals surface area (Å²) < 4.78 is 16.6. The smallest absolute Gasteiger partial charge is 0.252 e. The molecule has 184 valence electrons. The van der Waals surface area contributed by atoms with Gasteiger partial charge >= 0.3 is 0 Å². The second-order valence-corrected chi connectivity index (χ2v) is 9.40. The van der Waals surface area contributed by atoms with Crippen molar-refractivity contribution < 1.29 is 14.0 Å². The van der Waals surface area contributed by atoms with E-state index in [9.17, 15) is 14.0 Å². The summed E-state index contributed by atoms with van der Waals surface area (Å²) in [5.74, 6) is -0.351. The van der Waals surface area contributed by atoms with Gasteiger partial charge in [0, 0.05) is 43.2 Å². The molecule has 3 heterocycles. The number of fused-ring (bicyclic) bond motifs is 1. The number of aryl methyl sites for hydroxylation is 1. The molecule has 0 radical (unpaired) electrons. The molecule has 1 aliphatic heterocycles. The van der Waals surface area contributed by atoms with Gasteiger partial charge in [0.25, 0.3) is 5.91 Å². The number of carbonyl (C=O) groups excluding carboxylic acids is 2. The fourth-order valence-corrected chi connectivity index (χ4v) is 4.70. The lowest BCUT2D eigenvalue weighted by Gasteiger charge is -2.23. The van der Waals surface area contributed by atoms with Crippen molar-refractivity contribution in [3.63, 3.8) is 0 Å². The zero-order chi connectivity index (χ0) is 24.9. The van der Waals surface area contributed by atoms with E-state index in [1.54, 1.807) is 15.6 Å². The van der Waals surface area contributed by atoms with Crippen LogP contribution in [0.1, 0.15) is 43.0 Å². The Morgan fingerprint density at radius 3 is 2.66 bits per heavy atom. The van der Waals surface area contributed by atoms with E-state index in [0.29, 0.717) is 30.4 Å². The average molecular weight is 481 g/mol. The highest BCUT2D eigenvalue weighted by Gasteiger charge is 2.34. The maximum Gasteiger partial charge on any atom is 0.252 e. The lowest BCUT2D eigenvalue weighted by molar-refractivity contribution is -0.117. The second kappa shape index (κ2) is 8.81. The minimum Gasteiger partial charge on any atom is -0.365 e. The Bertz CT molecular complexity index is 1310. The van der Waals surface area contributed by atoms with Gasteiger partial charge in [0.2, 0.25) is 5.91 Å². The van der Waals surface area contributed by atoms with Crippen molar-refractivity contribution in [3.8, 4) is 0 Å². The van der Waals surface area contributed by atoms with Gasteiger partial charge in [0.15, 0.2) is 17.5 Å². The van der Waals surface area contributed by atoms with Gasteiger partial charge in [0.05, 0.1) is 11.1 Å². The van der Waals surface area contributed by atoms with Gasteiger partial charge in [-0.05, 0) is 56.4 Å². The summed E-state index contributed by atoms with van der Waals surface area (Å²) in [6.45, 7) is 2.49. The molecule has 10 nitrogen and oxygen atoms in total. The van der Waals surface area contributed by atoms with Gasteiger partial charge < -0.3 is 22.1 Å². The Kier molecular flexibility index (Phi) is 5.79. The van der Waals surface area contributed by atoms with Crippen LogP contribution >= 0.6 is 0 Å². The zero-order valence-corrected chi connectivity index (χ0v) is 19.7. The van der Waals surface area contributed by atoms with Gasteiger partial charge in [0.1, 0.15) is 5.82 Å². The Morgan fingerprint density at radius 1 is 1.26 bits per heavy atom. The average Bonchev–Trinajstić information content (AvgIpc) is 3.48. The fourth-order valence-electron chi connectivity index (χ4n) is 4.70. The molecule has 2 amide bonds. The second-order valence-electron chi connectivity index (χ2n) is 9.40. The third-order valence-electron chi connectivity index (χ3n) is 6.66. The number of nitrogens with zero attached hydrogens (tertiary/aromatic N) is 4. The van der Waals surface area contributed by atoms with Gasteiger partial charge in [-0.15, -0.1) is 0 Å². The van der Waals surface area contributed by atoms with Crippen LogP contribution in [0, 0.1) is 11.7 Å². The van der Waals surface area contributed by atoms with Crippen molar-refractivity contribution in [1.29, 1.82) is 0 Å². The quantitative estimate of drug-likeness (QED) is 0.388. The molecule has 2 aliphatic rings. The normalized spacial score (nSPS) is 17.6. The number of nitrogens with one attached hydrogen (secondary N) is 2. The number of halogens is 1. The van der Waals surface area contributed by atoms with Crippen LogP contribution in [-0.2, 0) is 11.8 Å². The summed E-state index contributed by atoms with van der Waals surface area (Å²) in [5.41, 5.74) is 13.0. The third kappa shape index (κ3) is 4.39. The zero-order valence-electron chi connectivity index (χ0n) is 19.7. The molecule has 6 N–H and O–H groups in total. The maximum atomic E-state index is 14.9. The maximum absolute atomic E-state index is 14.9. The van der Waals surface area contributed by atoms with Crippen molar-refractivity contribution in [2.24, 2.45) is 24.4 Å². The van der Waals surface area contributed by atoms with Crippen LogP contribution in [0.15, 0.2) is 24.3 Å². The molecule has 0 unspecified atom stereocenters. The summed E-state index contributed by atoms with van der Waals surface area (Å²) in [4.78, 5) is 30.5. The Hall–Kier alpha value is -3.73. The standard InChI is InChI=1S/C24H29FN8O2/c1-12(26)20(13-5-6-13)29-23-17(25)11-16(21(27)35)22(30-23)28-14-7-8-18-15(10-14)24(31-32(18)2)33-9-3-4-19(33)34/h7-8,10-13,20H,3-6,9,26H2,1-2H3,(H2,27,35)(H2,28,29,30)/t12-,20-/m0/s1. The topological polar surface area (TPSA) is 144 Å². The van der Waals surface area contributed by atoms with Crippen molar-refractivity contribution in [1.82, 2.24) is 14.8 Å². The molecule has 35 heavy (non-hydrogen) atoms. The Labute approximate surface area is 201 Å². The van der Waals surface area contributed by atoms with E-state index in [1.807, 2.05) is 26.1 Å². The number of aromatic nitrogens is 3. The summed E-state index contributed by atoms with van der Waals surface area (Å²) in [6, 6.07) is 6.26. The highest BCUT2D eigenvalue weighted by Crippen LogP contribution is 2.36. The molecule has 0 spiro atoms. The monoisotopic (exact) mass is 480 g/mol. The number of benzene rings is 1. The number of primary amides is 1. The highest BCUT2D eigenvalue weighted by molar-refractivity contribution is 6.04. The SMILES string of the molecule is C[C@H](N)[C@H](Nc1nc(Nc2ccc3c(c2)c(N2CCCC2=O)nn3C)c(C(N)=O)cc1F)C1CC1. The molecular formula is C24H29FN8O2. The first-order chi connectivity index (χ1) is 16.7. The van der Waals surface area contributed by atoms with Crippen LogP contribution < -0.4 is 27.0 Å². The number of pyridine rings is 1. The van der Waals surface area contributed by atoms with E-state index in [-0.39, 0.29) is 35.2 Å². The van der Waals surface area contributed by atoms with Crippen LogP contribution in [0.5, 0.6) is 0 Å². The highest BCUT2D eigenvalue weighted by atomic mass is 19.1. The van der Waals surface area contributed by atoms with E-state index >= 15 is 0 Å². The number of hydrogen-bond donors (Lipinski definition) is 4. The van der Waals surface area contributed by atoms with Crippen LogP contribution in [0.2, 0.25) is 0 Å². The predicted octanol–water partition coefficient (Wildman–Crippen LogP) is 2.61. The summed E-state index contributed by atoms with van der Waals surface area (Å²) in [6.07, 6.45) is 3.34. The largest absolute Gasteiger partial charge is 0.365 e. The molecule has 2 fully saturated rings. The number of anilines is 4. The van der Waals surface area contributed by atoms with Crippen LogP contribution in [-0.4, -0.2) is 45.2 Å². The first-order valence-electron chi connectivity index (χ1n) is 11.8. The van der Waals surface area contributed by atoms with Crippen molar-refractivity contribution in [2.45, 2.75) is 44.7 Å². The van der Waals surface area contributed by atoms with E-state index in [0.717, 1.165) is 36.2 Å². The van der Waals surface area contributed by atoms with Gasteiger partial charge in [-0.2, -0.15) is 5.10 Å². The van der Waals surface area contributed by atoms with Crippen LogP contribution in [0.3, 0.4) is 0 Å². The van der Waals surface area contributed by atoms with Crippen LogP contribution in [0.25, 0.3) is 10.9 Å². The number of rotatable bonds is 8. The van der Waals surface area contributed by atoms with Crippen LogP contribution in [0.4, 0.5) is 27.5 Å². The number of amides is 2.